The van der Waals surface area contributed by atoms with Crippen molar-refractivity contribution in [2.45, 2.75) is 9.79 Å². The van der Waals surface area contributed by atoms with Crippen LogP contribution in [0.2, 0.25) is 0 Å². The first-order valence-electron chi connectivity index (χ1n) is 16.8. The van der Waals surface area contributed by atoms with Crippen molar-refractivity contribution in [3.8, 4) is 0 Å². The lowest BCUT2D eigenvalue weighted by atomic mass is 10.0. The molecule has 2 aliphatic rings. The Balaban J connectivity index is 1.11. The van der Waals surface area contributed by atoms with E-state index >= 15 is 0 Å². The van der Waals surface area contributed by atoms with Gasteiger partial charge in [0.05, 0.1) is 32.0 Å². The van der Waals surface area contributed by atoms with Crippen LogP contribution in [0.1, 0.15) is 32.1 Å². The van der Waals surface area contributed by atoms with Crippen LogP contribution in [0.15, 0.2) is 96.5 Å². The Bertz CT molecular complexity index is 2050. The van der Waals surface area contributed by atoms with Crippen molar-refractivity contribution in [2.75, 3.05) is 52.4 Å². The van der Waals surface area contributed by atoms with Gasteiger partial charge in [0.1, 0.15) is 11.4 Å². The number of nitro benzene ring substituents is 2. The van der Waals surface area contributed by atoms with E-state index in [-0.39, 0.29) is 108 Å². The predicted molar refractivity (Wildman–Crippen MR) is 197 cm³/mol. The number of hydrogen-bond donors (Lipinski definition) is 0. The van der Waals surface area contributed by atoms with E-state index in [9.17, 15) is 39.4 Å². The lowest BCUT2D eigenvalue weighted by Crippen LogP contribution is -2.50. The number of hydrogen-bond acceptors (Lipinski definition) is 13. The van der Waals surface area contributed by atoms with Gasteiger partial charge in [0.15, 0.2) is 0 Å². The van der Waals surface area contributed by atoms with Crippen LogP contribution in [0.5, 0.6) is 0 Å². The zero-order chi connectivity index (χ0) is 39.2. The Hall–Kier alpha value is -6.89. The molecule has 19 heteroatoms. The van der Waals surface area contributed by atoms with Gasteiger partial charge in [-0.1, -0.05) is 37.1 Å². The van der Waals surface area contributed by atoms with Gasteiger partial charge in [-0.3, -0.25) is 49.4 Å². The van der Waals surface area contributed by atoms with Gasteiger partial charge in [-0.2, -0.15) is 0 Å². The number of nitro groups is 2. The summed E-state index contributed by atoms with van der Waals surface area (Å²) in [4.78, 5) is 97.4. The Morgan fingerprint density at radius 3 is 1.27 bits per heavy atom. The molecular weight excluding hydrogens is 733 g/mol. The molecule has 2 aromatic heterocycles. The smallest absolute Gasteiger partial charge is 0.283 e. The van der Waals surface area contributed by atoms with Gasteiger partial charge in [-0.25, -0.2) is 9.97 Å². The molecule has 2 saturated heterocycles. The molecular formula is C36H32N10O8S. The average molecular weight is 765 g/mol. The minimum Gasteiger partial charge on any atom is -0.335 e. The Morgan fingerprint density at radius 2 is 0.945 bits per heavy atom. The van der Waals surface area contributed by atoms with Crippen molar-refractivity contribution >= 4 is 57.9 Å². The van der Waals surface area contributed by atoms with Crippen LogP contribution in [-0.2, 0) is 9.59 Å². The van der Waals surface area contributed by atoms with Crippen molar-refractivity contribution < 1.29 is 29.0 Å². The second kappa shape index (κ2) is 16.4. The molecule has 18 nitrogen and oxygen atoms in total. The maximum absolute atomic E-state index is 13.3. The normalized spacial score (nSPS) is 14.3. The summed E-state index contributed by atoms with van der Waals surface area (Å²) in [5.74, 6) is -1.54. The first-order valence-corrected chi connectivity index (χ1v) is 17.6. The summed E-state index contributed by atoms with van der Waals surface area (Å²) >= 11 is 0.786. The molecule has 0 bridgehead atoms. The summed E-state index contributed by atoms with van der Waals surface area (Å²) in [6.45, 7) is 9.57. The molecule has 0 unspecified atom stereocenters. The summed E-state index contributed by atoms with van der Waals surface area (Å²) in [6.07, 6.45) is 8.48. The van der Waals surface area contributed by atoms with Gasteiger partial charge in [0.2, 0.25) is 0 Å². The summed E-state index contributed by atoms with van der Waals surface area (Å²) in [5, 5.41) is 24.4. The van der Waals surface area contributed by atoms with Gasteiger partial charge in [0.25, 0.3) is 35.0 Å². The van der Waals surface area contributed by atoms with Gasteiger partial charge in [0, 0.05) is 100 Å². The summed E-state index contributed by atoms with van der Waals surface area (Å²) in [5.41, 5.74) is -0.0192. The number of nitrogens with zero attached hydrogens (tertiary/aromatic N) is 10. The van der Waals surface area contributed by atoms with Gasteiger partial charge >= 0.3 is 0 Å². The molecule has 2 fully saturated rings. The average Bonchev–Trinajstić information content (AvgIpc) is 3.23. The molecule has 0 saturated carbocycles. The first-order chi connectivity index (χ1) is 26.4. The summed E-state index contributed by atoms with van der Waals surface area (Å²) in [6, 6.07) is 8.12. The van der Waals surface area contributed by atoms with Crippen molar-refractivity contribution in [3.05, 3.63) is 129 Å². The fourth-order valence-corrected chi connectivity index (χ4v) is 6.97. The molecule has 4 aromatic rings. The van der Waals surface area contributed by atoms with Crippen LogP contribution >= 0.6 is 11.8 Å². The third kappa shape index (κ3) is 8.36. The third-order valence-electron chi connectivity index (χ3n) is 9.02. The number of aromatic nitrogens is 4. The largest absolute Gasteiger partial charge is 0.335 e. The van der Waals surface area contributed by atoms with Crippen molar-refractivity contribution in [3.63, 3.8) is 0 Å². The minimum absolute atomic E-state index is 0.00498. The highest BCUT2D eigenvalue weighted by Gasteiger charge is 2.30. The minimum atomic E-state index is -0.651. The van der Waals surface area contributed by atoms with E-state index in [1.807, 2.05) is 0 Å². The Morgan fingerprint density at radius 1 is 0.582 bits per heavy atom. The lowest BCUT2D eigenvalue weighted by Gasteiger charge is -2.35. The highest BCUT2D eigenvalue weighted by atomic mass is 32.2. The van der Waals surface area contributed by atoms with Crippen molar-refractivity contribution in [2.24, 2.45) is 0 Å². The molecule has 55 heavy (non-hydrogen) atoms. The lowest BCUT2D eigenvalue weighted by molar-refractivity contribution is -0.388. The number of piperazine rings is 2. The second-order valence-corrected chi connectivity index (χ2v) is 13.4. The van der Waals surface area contributed by atoms with Crippen molar-refractivity contribution in [1.82, 2.24) is 39.5 Å². The molecule has 2 aliphatic heterocycles. The standard InChI is InChI=1S/C36H32N10O8S/c1-23(33(47)41-11-15-43(16-12-41)35(49)27-21-37-7-9-39-27)25-3-5-31(29(19-25)45(51)52)55-32-6-4-26(20-30(32)46(53)54)24(2)34(48)42-13-17-44(18-14-42)36(50)28-22-38-8-10-40-28/h3-10,19-22H,1-2,11-18H2. The Labute approximate surface area is 317 Å². The van der Waals surface area contributed by atoms with Crippen LogP contribution in [0.25, 0.3) is 11.1 Å². The van der Waals surface area contributed by atoms with Crippen LogP contribution in [0, 0.1) is 20.2 Å². The summed E-state index contributed by atoms with van der Waals surface area (Å²) in [7, 11) is 0. The van der Waals surface area contributed by atoms with E-state index in [4.69, 9.17) is 0 Å². The van der Waals surface area contributed by atoms with Gasteiger partial charge < -0.3 is 19.6 Å². The SMILES string of the molecule is C=C(C(=O)N1CCN(C(=O)c2cnccn2)CC1)c1ccc(Sc2ccc(C(=C)C(=O)N3CCN(C(=O)c4cnccn4)CC3)cc2[N+](=O)[O-])c([N+](=O)[O-])c1. The van der Waals surface area contributed by atoms with Gasteiger partial charge in [-0.15, -0.1) is 0 Å². The third-order valence-corrected chi connectivity index (χ3v) is 10.1. The quantitative estimate of drug-likeness (QED) is 0.129. The zero-order valence-corrected chi connectivity index (χ0v) is 30.0. The predicted octanol–water partition coefficient (Wildman–Crippen LogP) is 3.23. The van der Waals surface area contributed by atoms with E-state index in [2.05, 4.69) is 33.1 Å². The molecule has 0 radical (unpaired) electrons. The van der Waals surface area contributed by atoms with E-state index < -0.39 is 33.0 Å². The molecule has 4 heterocycles. The first kappa shape index (κ1) is 37.9. The monoisotopic (exact) mass is 764 g/mol. The van der Waals surface area contributed by atoms with Crippen LogP contribution < -0.4 is 0 Å². The fourth-order valence-electron chi connectivity index (χ4n) is 5.98. The fraction of sp³-hybridized carbons (Fsp3) is 0.222. The number of amides is 4. The zero-order valence-electron chi connectivity index (χ0n) is 29.1. The van der Waals surface area contributed by atoms with Crippen LogP contribution in [0.4, 0.5) is 11.4 Å². The molecule has 0 spiro atoms. The van der Waals surface area contributed by atoms with E-state index in [1.54, 1.807) is 9.80 Å². The van der Waals surface area contributed by atoms with Crippen molar-refractivity contribution in [1.29, 1.82) is 0 Å². The Kier molecular flexibility index (Phi) is 11.3. The highest BCUT2D eigenvalue weighted by Crippen LogP contribution is 2.41. The molecule has 0 atom stereocenters. The molecule has 0 aliphatic carbocycles. The number of benzene rings is 2. The maximum atomic E-state index is 13.3. The van der Waals surface area contributed by atoms with E-state index in [1.165, 1.54) is 83.4 Å². The van der Waals surface area contributed by atoms with Crippen LogP contribution in [-0.4, -0.2) is 125 Å². The molecule has 280 valence electrons. The number of carbonyl (C=O) groups is 4. The number of carbonyl (C=O) groups excluding carboxylic acids is 4. The molecule has 6 rings (SSSR count). The molecule has 0 N–H and O–H groups in total. The molecule has 2 aromatic carbocycles. The topological polar surface area (TPSA) is 219 Å². The number of rotatable bonds is 10. The second-order valence-electron chi connectivity index (χ2n) is 12.3. The summed E-state index contributed by atoms with van der Waals surface area (Å²) < 4.78 is 0. The highest BCUT2D eigenvalue weighted by molar-refractivity contribution is 7.99. The van der Waals surface area contributed by atoms with Crippen LogP contribution in [0.3, 0.4) is 0 Å². The van der Waals surface area contributed by atoms with E-state index in [0.29, 0.717) is 0 Å². The van der Waals surface area contributed by atoms with Gasteiger partial charge in [-0.05, 0) is 23.3 Å². The van der Waals surface area contributed by atoms with E-state index in [0.717, 1.165) is 11.8 Å². The molecule has 4 amide bonds. The maximum Gasteiger partial charge on any atom is 0.283 e.